The molecule has 1 aromatic heterocycles. The summed E-state index contributed by atoms with van der Waals surface area (Å²) in [5, 5.41) is 7.43. The normalized spacial score (nSPS) is 24.4. The van der Waals surface area contributed by atoms with Gasteiger partial charge in [-0.3, -0.25) is 9.58 Å². The van der Waals surface area contributed by atoms with E-state index >= 15 is 0 Å². The SMILES string of the molecule is CC(C)n1cc(CN2CCC[C@]3(C[C@H](NC(=O)OCc4ccccc4)CO3)C2)cn1. The average molecular weight is 413 g/mol. The van der Waals surface area contributed by atoms with Crippen molar-refractivity contribution >= 4 is 6.09 Å². The van der Waals surface area contributed by atoms with E-state index in [4.69, 9.17) is 9.47 Å². The van der Waals surface area contributed by atoms with Crippen LogP contribution >= 0.6 is 0 Å². The highest BCUT2D eigenvalue weighted by Gasteiger charge is 2.44. The molecule has 2 fully saturated rings. The number of rotatable bonds is 6. The number of carbonyl (C=O) groups is 1. The van der Waals surface area contributed by atoms with Gasteiger partial charge >= 0.3 is 6.09 Å². The van der Waals surface area contributed by atoms with Gasteiger partial charge in [-0.2, -0.15) is 5.10 Å². The highest BCUT2D eigenvalue weighted by molar-refractivity contribution is 5.67. The predicted molar refractivity (Wildman–Crippen MR) is 114 cm³/mol. The van der Waals surface area contributed by atoms with Crippen LogP contribution in [0.15, 0.2) is 42.7 Å². The Labute approximate surface area is 178 Å². The molecule has 1 aromatic carbocycles. The van der Waals surface area contributed by atoms with E-state index in [1.807, 2.05) is 41.2 Å². The van der Waals surface area contributed by atoms with Crippen molar-refractivity contribution in [1.29, 1.82) is 0 Å². The molecule has 0 saturated carbocycles. The van der Waals surface area contributed by atoms with Crippen molar-refractivity contribution in [2.24, 2.45) is 0 Å². The maximum absolute atomic E-state index is 12.2. The first-order valence-electron chi connectivity index (χ1n) is 10.9. The lowest BCUT2D eigenvalue weighted by Gasteiger charge is -2.39. The number of ether oxygens (including phenoxy) is 2. The highest BCUT2D eigenvalue weighted by atomic mass is 16.6. The first-order valence-corrected chi connectivity index (χ1v) is 10.9. The maximum Gasteiger partial charge on any atom is 0.407 e. The van der Waals surface area contributed by atoms with Crippen molar-refractivity contribution in [1.82, 2.24) is 20.0 Å². The van der Waals surface area contributed by atoms with E-state index in [-0.39, 0.29) is 24.3 Å². The summed E-state index contributed by atoms with van der Waals surface area (Å²) in [7, 11) is 0. The molecule has 4 rings (SSSR count). The highest BCUT2D eigenvalue weighted by Crippen LogP contribution is 2.35. The molecule has 1 N–H and O–H groups in total. The summed E-state index contributed by atoms with van der Waals surface area (Å²) in [6.45, 7) is 7.93. The van der Waals surface area contributed by atoms with Crippen molar-refractivity contribution in [2.45, 2.75) is 63.9 Å². The summed E-state index contributed by atoms with van der Waals surface area (Å²) >= 11 is 0. The van der Waals surface area contributed by atoms with E-state index in [0.29, 0.717) is 12.6 Å². The average Bonchev–Trinajstić information content (AvgIpc) is 3.35. The number of alkyl carbamates (subject to hydrolysis) is 1. The Morgan fingerprint density at radius 3 is 2.93 bits per heavy atom. The van der Waals surface area contributed by atoms with Crippen LogP contribution in [0.4, 0.5) is 4.79 Å². The van der Waals surface area contributed by atoms with Gasteiger partial charge in [-0.1, -0.05) is 30.3 Å². The number of likely N-dealkylation sites (tertiary alicyclic amines) is 1. The van der Waals surface area contributed by atoms with Gasteiger partial charge in [0.2, 0.25) is 0 Å². The number of hydrogen-bond donors (Lipinski definition) is 1. The second kappa shape index (κ2) is 9.18. The Morgan fingerprint density at radius 2 is 2.17 bits per heavy atom. The van der Waals surface area contributed by atoms with E-state index < -0.39 is 0 Å². The van der Waals surface area contributed by atoms with E-state index in [0.717, 1.165) is 44.5 Å². The van der Waals surface area contributed by atoms with Gasteiger partial charge in [0.15, 0.2) is 0 Å². The van der Waals surface area contributed by atoms with Crippen LogP contribution in [0.2, 0.25) is 0 Å². The third-order valence-corrected chi connectivity index (χ3v) is 5.95. The largest absolute Gasteiger partial charge is 0.445 e. The zero-order valence-corrected chi connectivity index (χ0v) is 17.9. The lowest BCUT2D eigenvalue weighted by molar-refractivity contribution is -0.0534. The number of carbonyl (C=O) groups excluding carboxylic acids is 1. The van der Waals surface area contributed by atoms with Crippen molar-refractivity contribution in [3.8, 4) is 0 Å². The smallest absolute Gasteiger partial charge is 0.407 e. The van der Waals surface area contributed by atoms with Gasteiger partial charge in [-0.15, -0.1) is 0 Å². The number of benzene rings is 1. The fraction of sp³-hybridized carbons (Fsp3) is 0.565. The molecule has 2 aliphatic rings. The van der Waals surface area contributed by atoms with Gasteiger partial charge in [0, 0.05) is 37.3 Å². The number of aromatic nitrogens is 2. The van der Waals surface area contributed by atoms with Crippen LogP contribution < -0.4 is 5.32 Å². The van der Waals surface area contributed by atoms with Gasteiger partial charge in [0.25, 0.3) is 0 Å². The molecule has 162 valence electrons. The Hall–Kier alpha value is -2.38. The molecule has 1 spiro atoms. The molecular formula is C23H32N4O3. The molecule has 1 amide bonds. The van der Waals surface area contributed by atoms with Crippen LogP contribution in [0.5, 0.6) is 0 Å². The van der Waals surface area contributed by atoms with Gasteiger partial charge in [0.1, 0.15) is 6.61 Å². The Bertz CT molecular complexity index is 838. The second-order valence-electron chi connectivity index (χ2n) is 8.84. The van der Waals surface area contributed by atoms with Crippen LogP contribution in [0.25, 0.3) is 0 Å². The lowest BCUT2D eigenvalue weighted by atomic mass is 9.88. The van der Waals surface area contributed by atoms with Crippen LogP contribution in [0, 0.1) is 0 Å². The minimum absolute atomic E-state index is 0.00286. The lowest BCUT2D eigenvalue weighted by Crippen LogP contribution is -2.48. The molecule has 30 heavy (non-hydrogen) atoms. The van der Waals surface area contributed by atoms with Crippen molar-refractivity contribution in [3.05, 3.63) is 53.9 Å². The second-order valence-corrected chi connectivity index (χ2v) is 8.84. The fourth-order valence-corrected chi connectivity index (χ4v) is 4.48. The standard InChI is InChI=1S/C23H32N4O3/c1-18(2)27-14-20(12-24-27)13-26-10-6-9-23(17-26)11-21(16-30-23)25-22(28)29-15-19-7-4-3-5-8-19/h3-5,7-8,12,14,18,21H,6,9-11,13,15-17H2,1-2H3,(H,25,28)/t21-,23-/m0/s1. The summed E-state index contributed by atoms with van der Waals surface area (Å²) in [6.07, 6.45) is 6.68. The van der Waals surface area contributed by atoms with Gasteiger partial charge < -0.3 is 14.8 Å². The minimum Gasteiger partial charge on any atom is -0.445 e. The molecule has 2 aromatic rings. The first kappa shape index (κ1) is 20.9. The number of nitrogens with zero attached hydrogens (tertiary/aromatic N) is 3. The molecule has 7 heteroatoms. The van der Waals surface area contributed by atoms with Crippen molar-refractivity contribution in [3.63, 3.8) is 0 Å². The number of hydrogen-bond acceptors (Lipinski definition) is 5. The van der Waals surface area contributed by atoms with E-state index in [1.165, 1.54) is 5.56 Å². The quantitative estimate of drug-likeness (QED) is 0.786. The molecule has 2 saturated heterocycles. The summed E-state index contributed by atoms with van der Waals surface area (Å²) in [5.74, 6) is 0. The van der Waals surface area contributed by atoms with Gasteiger partial charge in [0.05, 0.1) is 24.4 Å². The number of amides is 1. The molecule has 2 atom stereocenters. The summed E-state index contributed by atoms with van der Waals surface area (Å²) in [5.41, 5.74) is 2.04. The minimum atomic E-state index is -0.377. The van der Waals surface area contributed by atoms with E-state index in [9.17, 15) is 4.79 Å². The predicted octanol–water partition coefficient (Wildman–Crippen LogP) is 3.51. The molecule has 2 aliphatic heterocycles. The zero-order chi connectivity index (χ0) is 21.0. The molecule has 0 bridgehead atoms. The third-order valence-electron chi connectivity index (χ3n) is 5.95. The van der Waals surface area contributed by atoms with Crippen LogP contribution in [0.3, 0.4) is 0 Å². The maximum atomic E-state index is 12.2. The molecular weight excluding hydrogens is 380 g/mol. The monoisotopic (exact) mass is 412 g/mol. The van der Waals surface area contributed by atoms with Gasteiger partial charge in [-0.05, 0) is 38.8 Å². The van der Waals surface area contributed by atoms with Crippen LogP contribution in [0.1, 0.15) is 50.3 Å². The Kier molecular flexibility index (Phi) is 6.39. The summed E-state index contributed by atoms with van der Waals surface area (Å²) in [4.78, 5) is 14.6. The fourth-order valence-electron chi connectivity index (χ4n) is 4.48. The number of nitrogens with one attached hydrogen (secondary N) is 1. The topological polar surface area (TPSA) is 68.6 Å². The summed E-state index contributed by atoms with van der Waals surface area (Å²) < 4.78 is 13.6. The van der Waals surface area contributed by atoms with Gasteiger partial charge in [-0.25, -0.2) is 4.79 Å². The first-order chi connectivity index (χ1) is 14.5. The zero-order valence-electron chi connectivity index (χ0n) is 17.9. The Balaban J connectivity index is 1.26. The molecule has 0 aliphatic carbocycles. The molecule has 0 unspecified atom stereocenters. The number of piperidine rings is 1. The van der Waals surface area contributed by atoms with Crippen molar-refractivity contribution < 1.29 is 14.3 Å². The van der Waals surface area contributed by atoms with E-state index in [2.05, 4.69) is 35.4 Å². The summed E-state index contributed by atoms with van der Waals surface area (Å²) in [6, 6.07) is 10.1. The van der Waals surface area contributed by atoms with Crippen LogP contribution in [-0.2, 0) is 22.6 Å². The van der Waals surface area contributed by atoms with Crippen LogP contribution in [-0.4, -0.2) is 52.1 Å². The molecule has 3 heterocycles. The molecule has 7 nitrogen and oxygen atoms in total. The van der Waals surface area contributed by atoms with Crippen molar-refractivity contribution in [2.75, 3.05) is 19.7 Å². The Morgan fingerprint density at radius 1 is 1.33 bits per heavy atom. The third kappa shape index (κ3) is 5.21. The molecule has 0 radical (unpaired) electrons. The van der Waals surface area contributed by atoms with E-state index in [1.54, 1.807) is 0 Å².